The SMILES string of the molecule is CC(C)(C)OC(=O)N1C2CCC1c1sc(N)c(C(N)=O)c1C2. The van der Waals surface area contributed by atoms with Crippen LogP contribution in [0, 0.1) is 0 Å². The third-order valence-electron chi connectivity index (χ3n) is 4.16. The Labute approximate surface area is 133 Å². The predicted octanol–water partition coefficient (Wildman–Crippen LogP) is 2.43. The highest BCUT2D eigenvalue weighted by molar-refractivity contribution is 7.16. The zero-order valence-corrected chi connectivity index (χ0v) is 13.8. The molecular weight excluding hydrogens is 302 g/mol. The fourth-order valence-corrected chi connectivity index (χ4v) is 4.65. The molecule has 7 heteroatoms. The predicted molar refractivity (Wildman–Crippen MR) is 84.8 cm³/mol. The Morgan fingerprint density at radius 3 is 2.59 bits per heavy atom. The number of anilines is 1. The van der Waals surface area contributed by atoms with Crippen LogP contribution in [-0.4, -0.2) is 28.5 Å². The van der Waals surface area contributed by atoms with E-state index in [-0.39, 0.29) is 18.2 Å². The van der Waals surface area contributed by atoms with Gasteiger partial charge in [0.2, 0.25) is 0 Å². The third-order valence-corrected chi connectivity index (χ3v) is 5.32. The number of hydrogen-bond donors (Lipinski definition) is 2. The molecule has 2 aliphatic heterocycles. The highest BCUT2D eigenvalue weighted by atomic mass is 32.1. The van der Waals surface area contributed by atoms with E-state index in [9.17, 15) is 9.59 Å². The minimum Gasteiger partial charge on any atom is -0.444 e. The van der Waals surface area contributed by atoms with Crippen LogP contribution in [0.3, 0.4) is 0 Å². The highest BCUT2D eigenvalue weighted by Gasteiger charge is 2.46. The Morgan fingerprint density at radius 2 is 2.00 bits per heavy atom. The van der Waals surface area contributed by atoms with Gasteiger partial charge in [-0.15, -0.1) is 11.3 Å². The van der Waals surface area contributed by atoms with Crippen molar-refractivity contribution in [3.05, 3.63) is 16.0 Å². The van der Waals surface area contributed by atoms with Gasteiger partial charge in [0.15, 0.2) is 0 Å². The summed E-state index contributed by atoms with van der Waals surface area (Å²) in [5.74, 6) is -0.486. The maximum absolute atomic E-state index is 12.5. The summed E-state index contributed by atoms with van der Waals surface area (Å²) in [6.07, 6.45) is 2.11. The van der Waals surface area contributed by atoms with Gasteiger partial charge in [-0.3, -0.25) is 9.69 Å². The summed E-state index contributed by atoms with van der Waals surface area (Å²) >= 11 is 1.37. The summed E-state index contributed by atoms with van der Waals surface area (Å²) in [5.41, 5.74) is 12.3. The van der Waals surface area contributed by atoms with Gasteiger partial charge >= 0.3 is 6.09 Å². The largest absolute Gasteiger partial charge is 0.444 e. The number of hydrogen-bond acceptors (Lipinski definition) is 5. The summed E-state index contributed by atoms with van der Waals surface area (Å²) < 4.78 is 5.53. The first-order valence-electron chi connectivity index (χ1n) is 7.41. The first kappa shape index (κ1) is 15.1. The summed E-state index contributed by atoms with van der Waals surface area (Å²) in [5, 5.41) is 0.453. The van der Waals surface area contributed by atoms with E-state index in [1.54, 1.807) is 0 Å². The Kier molecular flexibility index (Phi) is 3.36. The lowest BCUT2D eigenvalue weighted by molar-refractivity contribution is 0.0129. The van der Waals surface area contributed by atoms with Crippen LogP contribution >= 0.6 is 11.3 Å². The van der Waals surface area contributed by atoms with Crippen molar-refractivity contribution in [1.82, 2.24) is 4.90 Å². The first-order chi connectivity index (χ1) is 10.2. The molecule has 0 saturated carbocycles. The molecule has 22 heavy (non-hydrogen) atoms. The smallest absolute Gasteiger partial charge is 0.411 e. The van der Waals surface area contributed by atoms with Gasteiger partial charge in [-0.1, -0.05) is 0 Å². The monoisotopic (exact) mass is 323 g/mol. The van der Waals surface area contributed by atoms with Gasteiger partial charge in [0, 0.05) is 10.9 Å². The molecule has 1 fully saturated rings. The Morgan fingerprint density at radius 1 is 1.32 bits per heavy atom. The van der Waals surface area contributed by atoms with Crippen LogP contribution in [0.15, 0.2) is 0 Å². The van der Waals surface area contributed by atoms with Crippen LogP contribution < -0.4 is 11.5 Å². The van der Waals surface area contributed by atoms with Gasteiger partial charge in [0.1, 0.15) is 5.60 Å². The summed E-state index contributed by atoms with van der Waals surface area (Å²) in [4.78, 5) is 26.9. The molecule has 3 rings (SSSR count). The number of rotatable bonds is 1. The fraction of sp³-hybridized carbons (Fsp3) is 0.600. The topological polar surface area (TPSA) is 98.7 Å². The maximum atomic E-state index is 12.5. The Balaban J connectivity index is 1.96. The molecule has 0 aliphatic carbocycles. The number of thiophene rings is 1. The van der Waals surface area contributed by atoms with Crippen molar-refractivity contribution < 1.29 is 14.3 Å². The van der Waals surface area contributed by atoms with E-state index in [0.29, 0.717) is 17.0 Å². The van der Waals surface area contributed by atoms with Gasteiger partial charge in [-0.05, 0) is 45.6 Å². The van der Waals surface area contributed by atoms with Crippen molar-refractivity contribution >= 4 is 28.3 Å². The molecule has 1 aromatic heterocycles. The van der Waals surface area contributed by atoms with Crippen LogP contribution in [0.1, 0.15) is 60.5 Å². The van der Waals surface area contributed by atoms with Gasteiger partial charge in [-0.2, -0.15) is 0 Å². The molecular formula is C15H21N3O3S. The maximum Gasteiger partial charge on any atom is 0.411 e. The molecule has 0 spiro atoms. The van der Waals surface area contributed by atoms with E-state index in [1.165, 1.54) is 11.3 Å². The van der Waals surface area contributed by atoms with Crippen LogP contribution in [0.4, 0.5) is 9.80 Å². The van der Waals surface area contributed by atoms with E-state index in [4.69, 9.17) is 16.2 Å². The number of primary amides is 1. The van der Waals surface area contributed by atoms with Crippen LogP contribution in [0.5, 0.6) is 0 Å². The van der Waals surface area contributed by atoms with Crippen molar-refractivity contribution in [3.63, 3.8) is 0 Å². The number of carbonyl (C=O) groups excluding carboxylic acids is 2. The average molecular weight is 323 g/mol. The Bertz CT molecular complexity index is 647. The number of fused-ring (bicyclic) bond motifs is 4. The van der Waals surface area contributed by atoms with Crippen molar-refractivity contribution in [2.45, 2.75) is 57.7 Å². The molecule has 6 nitrogen and oxygen atoms in total. The number of nitrogen functional groups attached to an aromatic ring is 1. The van der Waals surface area contributed by atoms with E-state index in [2.05, 4.69) is 0 Å². The molecule has 2 atom stereocenters. The van der Waals surface area contributed by atoms with Crippen molar-refractivity contribution in [2.24, 2.45) is 5.73 Å². The zero-order valence-electron chi connectivity index (χ0n) is 13.0. The van der Waals surface area contributed by atoms with Gasteiger partial charge in [0.05, 0.1) is 16.6 Å². The minimum atomic E-state index is -0.524. The molecule has 2 aliphatic rings. The second kappa shape index (κ2) is 4.87. The van der Waals surface area contributed by atoms with Gasteiger partial charge < -0.3 is 16.2 Å². The lowest BCUT2D eigenvalue weighted by Crippen LogP contribution is -2.44. The number of carbonyl (C=O) groups is 2. The second-order valence-corrected chi connectivity index (χ2v) is 7.97. The van der Waals surface area contributed by atoms with Crippen molar-refractivity contribution in [3.8, 4) is 0 Å². The molecule has 0 aromatic carbocycles. The van der Waals surface area contributed by atoms with Crippen LogP contribution in [0.2, 0.25) is 0 Å². The molecule has 2 unspecified atom stereocenters. The number of nitrogens with two attached hydrogens (primary N) is 2. The normalized spacial score (nSPS) is 23.3. The lowest BCUT2D eigenvalue weighted by Gasteiger charge is -2.36. The van der Waals surface area contributed by atoms with E-state index in [1.807, 2.05) is 25.7 Å². The van der Waals surface area contributed by atoms with Gasteiger partial charge in [-0.25, -0.2) is 4.79 Å². The lowest BCUT2D eigenvalue weighted by atomic mass is 9.97. The highest BCUT2D eigenvalue weighted by Crippen LogP contribution is 2.49. The minimum absolute atomic E-state index is 0.0519. The van der Waals surface area contributed by atoms with E-state index >= 15 is 0 Å². The zero-order chi connectivity index (χ0) is 16.2. The van der Waals surface area contributed by atoms with Crippen LogP contribution in [0.25, 0.3) is 0 Å². The van der Waals surface area contributed by atoms with E-state index in [0.717, 1.165) is 23.3 Å². The number of amides is 2. The Hall–Kier alpha value is -1.76. The van der Waals surface area contributed by atoms with Crippen molar-refractivity contribution in [1.29, 1.82) is 0 Å². The van der Waals surface area contributed by atoms with Crippen molar-refractivity contribution in [2.75, 3.05) is 5.73 Å². The first-order valence-corrected chi connectivity index (χ1v) is 8.23. The second-order valence-electron chi connectivity index (χ2n) is 6.89. The standard InChI is InChI=1S/C15H21N3O3S/c1-15(2,3)21-14(20)18-7-4-5-9(18)11-8(6-7)10(12(16)19)13(17)22-11/h7,9H,4-6,17H2,1-3H3,(H2,16,19). The summed E-state index contributed by atoms with van der Waals surface area (Å²) in [7, 11) is 0. The van der Waals surface area contributed by atoms with E-state index < -0.39 is 11.5 Å². The molecule has 2 amide bonds. The molecule has 3 heterocycles. The summed E-state index contributed by atoms with van der Waals surface area (Å²) in [6, 6.07) is 0.00319. The molecule has 0 radical (unpaired) electrons. The average Bonchev–Trinajstić information content (AvgIpc) is 2.85. The molecule has 1 aromatic rings. The van der Waals surface area contributed by atoms with Crippen LogP contribution in [-0.2, 0) is 11.2 Å². The number of nitrogens with zero attached hydrogens (tertiary/aromatic N) is 1. The quantitative estimate of drug-likeness (QED) is 0.829. The fourth-order valence-electron chi connectivity index (χ4n) is 3.41. The molecule has 4 N–H and O–H groups in total. The molecule has 1 saturated heterocycles. The third kappa shape index (κ3) is 2.33. The number of ether oxygens (including phenoxy) is 1. The van der Waals surface area contributed by atoms with Gasteiger partial charge in [0.25, 0.3) is 5.91 Å². The molecule has 120 valence electrons. The summed E-state index contributed by atoms with van der Waals surface area (Å²) in [6.45, 7) is 5.57. The molecule has 2 bridgehead atoms.